The van der Waals surface area contributed by atoms with Gasteiger partial charge in [-0.15, -0.1) is 0 Å². The number of aryl methyl sites for hydroxylation is 5. The third-order valence-corrected chi connectivity index (χ3v) is 10.8. The van der Waals surface area contributed by atoms with Gasteiger partial charge >= 0.3 is 0 Å². The topological polar surface area (TPSA) is 247 Å². The van der Waals surface area contributed by atoms with Gasteiger partial charge in [-0.1, -0.05) is 0 Å². The number of anilines is 2. The monoisotopic (exact) mass is 851 g/mol. The van der Waals surface area contributed by atoms with Crippen molar-refractivity contribution in [1.82, 2.24) is 43.6 Å². The van der Waals surface area contributed by atoms with Crippen LogP contribution in [0, 0.1) is 13.8 Å². The Balaban J connectivity index is 1.23. The Kier molecular flexibility index (Phi) is 12.9. The van der Waals surface area contributed by atoms with Crippen LogP contribution in [0.15, 0.2) is 36.4 Å². The molecule has 4 amide bonds. The van der Waals surface area contributed by atoms with Crippen molar-refractivity contribution in [2.75, 3.05) is 57.7 Å². The van der Waals surface area contributed by atoms with Crippen LogP contribution in [-0.2, 0) is 24.4 Å². The zero-order valence-electron chi connectivity index (χ0n) is 35.9. The Morgan fingerprint density at radius 1 is 0.806 bits per heavy atom. The highest BCUT2D eigenvalue weighted by Crippen LogP contribution is 2.39. The second kappa shape index (κ2) is 18.4. The summed E-state index contributed by atoms with van der Waals surface area (Å²) < 4.78 is 24.9. The third-order valence-electron chi connectivity index (χ3n) is 10.8. The van der Waals surface area contributed by atoms with E-state index < -0.39 is 23.6 Å². The minimum Gasteiger partial charge on any atom is -0.491 e. The average molecular weight is 852 g/mol. The predicted molar refractivity (Wildman–Crippen MR) is 231 cm³/mol. The molecule has 7 rings (SSSR count). The molecule has 0 spiro atoms. The highest BCUT2D eigenvalue weighted by atomic mass is 16.5. The van der Waals surface area contributed by atoms with Crippen LogP contribution < -0.4 is 31.6 Å². The maximum atomic E-state index is 13.9. The van der Waals surface area contributed by atoms with Gasteiger partial charge in [0.15, 0.2) is 0 Å². The molecule has 0 aliphatic carbocycles. The van der Waals surface area contributed by atoms with E-state index in [1.54, 1.807) is 52.9 Å². The number of hydrogen-bond donors (Lipinski definition) is 4. The standard InChI is InChI=1S/C42H53N13O7/c1-7-53-31(17-24(3)49-53)39(58)47-41-45-29-19-26(37(43)56)21-33(61-15-10-12-51(5)14-16-60-6)35(29)52(41)13-9-11-28-23-62-34-22-27(38(44)57)20-30-36(34)55(28)42(46-30)48-40(59)32-18-25(4)50-54(32)8-2/h17-22,28H,7-16,23H2,1-6H3,(H2,43,56)(H2,44,57)(H,45,47,58)(H,46,48,59)/t28-/m0/s1. The lowest BCUT2D eigenvalue weighted by molar-refractivity contribution is 0.0991. The zero-order valence-corrected chi connectivity index (χ0v) is 35.9. The van der Waals surface area contributed by atoms with E-state index in [9.17, 15) is 19.2 Å². The van der Waals surface area contributed by atoms with Crippen molar-refractivity contribution in [3.8, 4) is 11.5 Å². The highest BCUT2D eigenvalue weighted by Gasteiger charge is 2.30. The number of nitrogens with one attached hydrogen (secondary N) is 2. The number of nitrogens with two attached hydrogens (primary N) is 2. The van der Waals surface area contributed by atoms with Crippen LogP contribution in [-0.4, -0.2) is 114 Å². The summed E-state index contributed by atoms with van der Waals surface area (Å²) in [7, 11) is 3.67. The van der Waals surface area contributed by atoms with Crippen LogP contribution in [0.3, 0.4) is 0 Å². The molecule has 6 N–H and O–H groups in total. The number of benzene rings is 2. The van der Waals surface area contributed by atoms with E-state index in [4.69, 9.17) is 35.6 Å². The molecule has 5 heterocycles. The van der Waals surface area contributed by atoms with Gasteiger partial charge in [0.2, 0.25) is 23.7 Å². The molecule has 20 heteroatoms. The number of rotatable bonds is 20. The Morgan fingerprint density at radius 3 is 2.02 bits per heavy atom. The molecule has 0 saturated carbocycles. The van der Waals surface area contributed by atoms with Gasteiger partial charge in [0, 0.05) is 51.0 Å². The molecule has 4 aromatic heterocycles. The van der Waals surface area contributed by atoms with Crippen LogP contribution in [0.1, 0.15) is 92.2 Å². The van der Waals surface area contributed by atoms with Crippen molar-refractivity contribution in [3.63, 3.8) is 0 Å². The number of carbonyl (C=O) groups excluding carboxylic acids is 4. The molecule has 20 nitrogen and oxygen atoms in total. The Hall–Kier alpha value is -6.80. The number of imidazole rings is 2. The van der Waals surface area contributed by atoms with E-state index in [1.165, 1.54) is 0 Å². The maximum absolute atomic E-state index is 13.9. The van der Waals surface area contributed by atoms with Crippen molar-refractivity contribution in [3.05, 3.63) is 70.3 Å². The van der Waals surface area contributed by atoms with Gasteiger partial charge in [0.25, 0.3) is 11.8 Å². The number of primary amides is 2. The summed E-state index contributed by atoms with van der Waals surface area (Å²) in [5, 5.41) is 14.9. The molecule has 1 aliphatic rings. The number of hydrogen-bond acceptors (Lipinski definition) is 12. The van der Waals surface area contributed by atoms with Gasteiger partial charge in [-0.25, -0.2) is 9.97 Å². The van der Waals surface area contributed by atoms with E-state index in [1.807, 2.05) is 43.9 Å². The fraction of sp³-hybridized carbons (Fsp3) is 0.429. The van der Waals surface area contributed by atoms with Crippen molar-refractivity contribution in [2.24, 2.45) is 11.5 Å². The number of amides is 4. The van der Waals surface area contributed by atoms with Crippen LogP contribution in [0.4, 0.5) is 11.9 Å². The summed E-state index contributed by atoms with van der Waals surface area (Å²) >= 11 is 0. The zero-order chi connectivity index (χ0) is 44.2. The Labute approximate surface area is 357 Å². The van der Waals surface area contributed by atoms with Gasteiger partial charge in [-0.05, 0) is 90.4 Å². The first kappa shape index (κ1) is 43.3. The molecule has 2 aromatic carbocycles. The molecule has 0 radical (unpaired) electrons. The number of ether oxygens (including phenoxy) is 3. The highest BCUT2D eigenvalue weighted by molar-refractivity contribution is 6.05. The minimum absolute atomic E-state index is 0.194. The number of aromatic nitrogens is 8. The number of carbonyl (C=O) groups is 4. The van der Waals surface area contributed by atoms with Crippen LogP contribution in [0.2, 0.25) is 0 Å². The number of fused-ring (bicyclic) bond motifs is 1. The Bertz CT molecular complexity index is 2660. The summed E-state index contributed by atoms with van der Waals surface area (Å²) in [6.45, 7) is 11.4. The van der Waals surface area contributed by atoms with E-state index in [0.717, 1.165) is 13.1 Å². The Morgan fingerprint density at radius 2 is 1.40 bits per heavy atom. The minimum atomic E-state index is -0.650. The maximum Gasteiger partial charge on any atom is 0.276 e. The van der Waals surface area contributed by atoms with Gasteiger partial charge < -0.3 is 39.7 Å². The lowest BCUT2D eigenvalue weighted by Gasteiger charge is -2.27. The van der Waals surface area contributed by atoms with Crippen molar-refractivity contribution in [1.29, 1.82) is 0 Å². The molecule has 1 atom stereocenters. The summed E-state index contributed by atoms with van der Waals surface area (Å²) in [6.07, 6.45) is 1.71. The molecule has 0 bridgehead atoms. The number of likely N-dealkylation sites (N-methyl/N-ethyl adjacent to an activating group) is 1. The summed E-state index contributed by atoms with van der Waals surface area (Å²) in [6, 6.07) is 9.45. The van der Waals surface area contributed by atoms with Gasteiger partial charge in [0.05, 0.1) is 41.7 Å². The van der Waals surface area contributed by atoms with E-state index >= 15 is 0 Å². The molecule has 328 valence electrons. The molecular formula is C42H53N13O7. The lowest BCUT2D eigenvalue weighted by Crippen LogP contribution is -2.26. The van der Waals surface area contributed by atoms with Gasteiger partial charge in [-0.2, -0.15) is 10.2 Å². The number of methoxy groups -OCH3 is 1. The molecule has 62 heavy (non-hydrogen) atoms. The fourth-order valence-corrected chi connectivity index (χ4v) is 7.79. The quantitative estimate of drug-likeness (QED) is 0.0799. The normalized spacial score (nSPS) is 13.5. The smallest absolute Gasteiger partial charge is 0.276 e. The molecule has 0 saturated heterocycles. The van der Waals surface area contributed by atoms with Gasteiger partial charge in [0.1, 0.15) is 40.5 Å². The average Bonchev–Trinajstić information content (AvgIpc) is 4.02. The largest absolute Gasteiger partial charge is 0.491 e. The summed E-state index contributed by atoms with van der Waals surface area (Å²) in [4.78, 5) is 64.2. The van der Waals surface area contributed by atoms with Crippen molar-refractivity contribution < 1.29 is 33.4 Å². The second-order valence-electron chi connectivity index (χ2n) is 15.3. The number of nitrogens with zero attached hydrogens (tertiary/aromatic N) is 9. The molecule has 0 unspecified atom stereocenters. The fourth-order valence-electron chi connectivity index (χ4n) is 7.79. The first-order chi connectivity index (χ1) is 29.8. The summed E-state index contributed by atoms with van der Waals surface area (Å²) in [5.74, 6) is -0.772. The van der Waals surface area contributed by atoms with Gasteiger partial charge in [-0.3, -0.25) is 39.2 Å². The predicted octanol–water partition coefficient (Wildman–Crippen LogP) is 3.90. The molecular weight excluding hydrogens is 799 g/mol. The van der Waals surface area contributed by atoms with Crippen LogP contribution in [0.5, 0.6) is 11.5 Å². The van der Waals surface area contributed by atoms with E-state index in [-0.39, 0.29) is 35.7 Å². The second-order valence-corrected chi connectivity index (χ2v) is 15.3. The first-order valence-electron chi connectivity index (χ1n) is 20.6. The van der Waals surface area contributed by atoms with Crippen molar-refractivity contribution in [2.45, 2.75) is 72.6 Å². The van der Waals surface area contributed by atoms with Crippen LogP contribution in [0.25, 0.3) is 22.1 Å². The van der Waals surface area contributed by atoms with Crippen LogP contribution >= 0.6 is 0 Å². The molecule has 0 fully saturated rings. The molecule has 1 aliphatic heterocycles. The first-order valence-corrected chi connectivity index (χ1v) is 20.6. The van der Waals surface area contributed by atoms with Crippen molar-refractivity contribution >= 4 is 57.6 Å². The SMILES string of the molecule is CCn1nc(C)cc1C(=O)Nc1nc2cc(C(N)=O)cc(OCCCN(C)CCOC)c2n1CCC[C@H]1COc2cc(C(N)=O)cc3nc(NC(=O)c4cc(C)nn4CC)n1c23. The third kappa shape index (κ3) is 8.96. The lowest BCUT2D eigenvalue weighted by atomic mass is 10.1. The summed E-state index contributed by atoms with van der Waals surface area (Å²) in [5.41, 5.74) is 16.0. The van der Waals surface area contributed by atoms with E-state index in [0.29, 0.717) is 108 Å². The van der Waals surface area contributed by atoms with E-state index in [2.05, 4.69) is 25.7 Å². The molecule has 6 aromatic rings.